The molecule has 1 atom stereocenters. The number of benzene rings is 1. The van der Waals surface area contributed by atoms with Gasteiger partial charge in [0.1, 0.15) is 0 Å². The highest BCUT2D eigenvalue weighted by Crippen LogP contribution is 2.29. The van der Waals surface area contributed by atoms with Crippen LogP contribution in [-0.2, 0) is 0 Å². The van der Waals surface area contributed by atoms with E-state index in [0.29, 0.717) is 16.0 Å². The molecule has 0 saturated carbocycles. The summed E-state index contributed by atoms with van der Waals surface area (Å²) in [5, 5.41) is 1.24. The van der Waals surface area contributed by atoms with E-state index in [4.69, 9.17) is 23.2 Å². The molecule has 0 saturated heterocycles. The average Bonchev–Trinajstić information content (AvgIpc) is 2.24. The highest BCUT2D eigenvalue weighted by molar-refractivity contribution is 7.99. The van der Waals surface area contributed by atoms with Gasteiger partial charge in [-0.05, 0) is 29.9 Å². The van der Waals surface area contributed by atoms with Crippen molar-refractivity contribution in [2.75, 3.05) is 11.5 Å². The van der Waals surface area contributed by atoms with Gasteiger partial charge in [0.25, 0.3) is 0 Å². The Labute approximate surface area is 111 Å². The Kier molecular flexibility index (Phi) is 6.28. The van der Waals surface area contributed by atoms with Crippen LogP contribution in [0.3, 0.4) is 0 Å². The number of halogens is 2. The molecule has 1 rings (SSSR count). The molecule has 0 spiro atoms. The number of hydrogen-bond donors (Lipinski definition) is 1. The number of thioether (sulfide) groups is 1. The molecular weight excluding hydrogens is 267 g/mol. The molecular formula is C11H14Cl2S2. The zero-order chi connectivity index (χ0) is 11.3. The van der Waals surface area contributed by atoms with E-state index in [1.807, 2.05) is 30.0 Å². The molecule has 15 heavy (non-hydrogen) atoms. The largest absolute Gasteiger partial charge is 0.179 e. The Morgan fingerprint density at radius 1 is 1.33 bits per heavy atom. The lowest BCUT2D eigenvalue weighted by atomic mass is 10.2. The summed E-state index contributed by atoms with van der Waals surface area (Å²) in [6.45, 7) is 2.19. The van der Waals surface area contributed by atoms with Crippen LogP contribution in [0.1, 0.15) is 13.3 Å². The second-order valence-electron chi connectivity index (χ2n) is 3.34. The fraction of sp³-hybridized carbons (Fsp3) is 0.455. The third-order valence-electron chi connectivity index (χ3n) is 2.21. The summed E-state index contributed by atoms with van der Waals surface area (Å²) in [5.74, 6) is 2.68. The minimum absolute atomic E-state index is 0.613. The SMILES string of the molecule is CCC(CS)CSc1ccc(Cl)c(Cl)c1. The molecule has 0 amide bonds. The second kappa shape index (κ2) is 6.95. The van der Waals surface area contributed by atoms with Gasteiger partial charge in [-0.3, -0.25) is 0 Å². The average molecular weight is 281 g/mol. The molecule has 0 N–H and O–H groups in total. The van der Waals surface area contributed by atoms with Crippen LogP contribution in [-0.4, -0.2) is 11.5 Å². The maximum absolute atomic E-state index is 5.94. The van der Waals surface area contributed by atoms with E-state index in [1.54, 1.807) is 0 Å². The molecule has 1 aromatic rings. The first-order valence-electron chi connectivity index (χ1n) is 4.86. The van der Waals surface area contributed by atoms with Gasteiger partial charge in [-0.15, -0.1) is 11.8 Å². The van der Waals surface area contributed by atoms with E-state index in [0.717, 1.165) is 17.9 Å². The standard InChI is InChI=1S/C11H14Cl2S2/c1-2-8(6-14)7-15-9-3-4-10(12)11(13)5-9/h3-5,8,14H,2,6-7H2,1H3. The van der Waals surface area contributed by atoms with Crippen molar-refractivity contribution in [1.82, 2.24) is 0 Å². The zero-order valence-electron chi connectivity index (χ0n) is 8.54. The molecule has 0 nitrogen and oxygen atoms in total. The first-order chi connectivity index (χ1) is 7.17. The molecule has 0 heterocycles. The maximum Gasteiger partial charge on any atom is 0.0603 e. The van der Waals surface area contributed by atoms with Crippen molar-refractivity contribution >= 4 is 47.6 Å². The molecule has 84 valence electrons. The van der Waals surface area contributed by atoms with Gasteiger partial charge in [0, 0.05) is 10.6 Å². The minimum Gasteiger partial charge on any atom is -0.179 e. The van der Waals surface area contributed by atoms with Crippen molar-refractivity contribution < 1.29 is 0 Å². The van der Waals surface area contributed by atoms with Crippen molar-refractivity contribution in [1.29, 1.82) is 0 Å². The predicted molar refractivity (Wildman–Crippen MR) is 74.8 cm³/mol. The van der Waals surface area contributed by atoms with Crippen LogP contribution in [0.25, 0.3) is 0 Å². The summed E-state index contributed by atoms with van der Waals surface area (Å²) < 4.78 is 0. The van der Waals surface area contributed by atoms with Gasteiger partial charge in [0.2, 0.25) is 0 Å². The molecule has 0 bridgehead atoms. The third kappa shape index (κ3) is 4.48. The Morgan fingerprint density at radius 3 is 2.60 bits per heavy atom. The van der Waals surface area contributed by atoms with Crippen molar-refractivity contribution in [2.24, 2.45) is 5.92 Å². The van der Waals surface area contributed by atoms with Crippen molar-refractivity contribution in [3.63, 3.8) is 0 Å². The fourth-order valence-electron chi connectivity index (χ4n) is 1.08. The third-order valence-corrected chi connectivity index (χ3v) is 4.69. The first kappa shape index (κ1) is 13.6. The van der Waals surface area contributed by atoms with E-state index in [9.17, 15) is 0 Å². The summed E-state index contributed by atoms with van der Waals surface area (Å²) in [6.07, 6.45) is 1.16. The van der Waals surface area contributed by atoms with Crippen LogP contribution in [0.2, 0.25) is 10.0 Å². The van der Waals surface area contributed by atoms with Crippen molar-refractivity contribution in [3.8, 4) is 0 Å². The van der Waals surface area contributed by atoms with E-state index >= 15 is 0 Å². The molecule has 0 fully saturated rings. The van der Waals surface area contributed by atoms with E-state index < -0.39 is 0 Å². The number of thiol groups is 1. The van der Waals surface area contributed by atoms with Gasteiger partial charge in [-0.25, -0.2) is 0 Å². The Morgan fingerprint density at radius 2 is 2.07 bits per heavy atom. The zero-order valence-corrected chi connectivity index (χ0v) is 11.8. The Balaban J connectivity index is 2.54. The molecule has 0 aliphatic rings. The van der Waals surface area contributed by atoms with Crippen LogP contribution in [0.15, 0.2) is 23.1 Å². The number of hydrogen-bond acceptors (Lipinski definition) is 2. The van der Waals surface area contributed by atoms with Crippen molar-refractivity contribution in [3.05, 3.63) is 28.2 Å². The minimum atomic E-state index is 0.613. The van der Waals surface area contributed by atoms with E-state index in [2.05, 4.69) is 19.6 Å². The van der Waals surface area contributed by atoms with Crippen LogP contribution in [0, 0.1) is 5.92 Å². The van der Waals surface area contributed by atoms with E-state index in [-0.39, 0.29) is 0 Å². The van der Waals surface area contributed by atoms with Gasteiger partial charge >= 0.3 is 0 Å². The summed E-state index contributed by atoms with van der Waals surface area (Å²) in [6, 6.07) is 5.76. The highest BCUT2D eigenvalue weighted by Gasteiger charge is 2.06. The quantitative estimate of drug-likeness (QED) is 0.582. The summed E-state index contributed by atoms with van der Waals surface area (Å²) in [4.78, 5) is 1.17. The normalized spacial score (nSPS) is 12.8. The summed E-state index contributed by atoms with van der Waals surface area (Å²) in [7, 11) is 0. The summed E-state index contributed by atoms with van der Waals surface area (Å²) >= 11 is 17.9. The lowest BCUT2D eigenvalue weighted by molar-refractivity contribution is 0.649. The summed E-state index contributed by atoms with van der Waals surface area (Å²) in [5.41, 5.74) is 0. The predicted octanol–water partition coefficient (Wildman–Crippen LogP) is 5.04. The Bertz CT molecular complexity index is 311. The van der Waals surface area contributed by atoms with Gasteiger partial charge in [-0.1, -0.05) is 36.5 Å². The smallest absolute Gasteiger partial charge is 0.0603 e. The lowest BCUT2D eigenvalue weighted by Crippen LogP contribution is -2.03. The first-order valence-corrected chi connectivity index (χ1v) is 7.23. The molecule has 1 unspecified atom stereocenters. The van der Waals surface area contributed by atoms with Crippen LogP contribution >= 0.6 is 47.6 Å². The second-order valence-corrected chi connectivity index (χ2v) is 5.62. The highest BCUT2D eigenvalue weighted by atomic mass is 35.5. The monoisotopic (exact) mass is 280 g/mol. The molecule has 0 aliphatic carbocycles. The molecule has 1 aromatic carbocycles. The molecule has 0 radical (unpaired) electrons. The van der Waals surface area contributed by atoms with Gasteiger partial charge in [0.15, 0.2) is 0 Å². The number of rotatable bonds is 5. The van der Waals surface area contributed by atoms with Gasteiger partial charge < -0.3 is 0 Å². The molecule has 0 aromatic heterocycles. The Hall–Kier alpha value is 0.500. The van der Waals surface area contributed by atoms with Gasteiger partial charge in [-0.2, -0.15) is 12.6 Å². The van der Waals surface area contributed by atoms with Gasteiger partial charge in [0.05, 0.1) is 10.0 Å². The maximum atomic E-state index is 5.94. The lowest BCUT2D eigenvalue weighted by Gasteiger charge is -2.11. The van der Waals surface area contributed by atoms with Crippen LogP contribution in [0.4, 0.5) is 0 Å². The molecule has 4 heteroatoms. The van der Waals surface area contributed by atoms with Crippen LogP contribution < -0.4 is 0 Å². The fourth-order valence-corrected chi connectivity index (χ4v) is 3.15. The molecule has 0 aliphatic heterocycles. The topological polar surface area (TPSA) is 0 Å². The van der Waals surface area contributed by atoms with E-state index in [1.165, 1.54) is 4.90 Å². The van der Waals surface area contributed by atoms with Crippen molar-refractivity contribution in [2.45, 2.75) is 18.2 Å². The van der Waals surface area contributed by atoms with Crippen LogP contribution in [0.5, 0.6) is 0 Å².